The van der Waals surface area contributed by atoms with Gasteiger partial charge in [0.25, 0.3) is 0 Å². The first-order valence-corrected chi connectivity index (χ1v) is 10.6. The highest BCUT2D eigenvalue weighted by Crippen LogP contribution is 2.30. The number of anilines is 1. The monoisotopic (exact) mass is 422 g/mol. The first-order valence-electron chi connectivity index (χ1n) is 9.13. The number of ether oxygens (including phenoxy) is 2. The molecule has 1 aliphatic heterocycles. The van der Waals surface area contributed by atoms with Crippen LogP contribution in [-0.2, 0) is 14.8 Å². The molecular formula is C20H23FN2O5S. The summed E-state index contributed by atoms with van der Waals surface area (Å²) in [7, 11) is -1.12. The van der Waals surface area contributed by atoms with E-state index < -0.39 is 21.8 Å². The third kappa shape index (κ3) is 4.68. The van der Waals surface area contributed by atoms with Crippen molar-refractivity contribution in [2.75, 3.05) is 32.6 Å². The molecule has 0 bridgehead atoms. The van der Waals surface area contributed by atoms with Gasteiger partial charge in [0.1, 0.15) is 22.2 Å². The lowest BCUT2D eigenvalue weighted by molar-refractivity contribution is -0.120. The van der Waals surface area contributed by atoms with Crippen LogP contribution in [0.3, 0.4) is 0 Å². The average Bonchev–Trinajstić information content (AvgIpc) is 2.74. The number of halogens is 1. The number of hydrogen-bond acceptors (Lipinski definition) is 5. The summed E-state index contributed by atoms with van der Waals surface area (Å²) in [6, 6.07) is 10.2. The van der Waals surface area contributed by atoms with Gasteiger partial charge in [0.05, 0.1) is 20.1 Å². The minimum absolute atomic E-state index is 0.0178. The highest BCUT2D eigenvalue weighted by Gasteiger charge is 2.35. The molecule has 0 aliphatic carbocycles. The molecular weight excluding hydrogens is 399 g/mol. The van der Waals surface area contributed by atoms with E-state index in [0.717, 1.165) is 12.1 Å². The van der Waals surface area contributed by atoms with Crippen LogP contribution >= 0.6 is 0 Å². The molecule has 1 aliphatic rings. The fourth-order valence-corrected chi connectivity index (χ4v) is 4.98. The molecule has 1 unspecified atom stereocenters. The van der Waals surface area contributed by atoms with Crippen molar-refractivity contribution in [2.24, 2.45) is 5.92 Å². The van der Waals surface area contributed by atoms with Crippen LogP contribution in [0.1, 0.15) is 12.8 Å². The summed E-state index contributed by atoms with van der Waals surface area (Å²) in [5.74, 6) is -0.713. The standard InChI is InChI=1S/C20H23FN2O5S/c1-27-17-8-6-16(7-9-17)22-20(24)14-4-3-11-23(13-14)29(25,26)19-12-15(21)5-10-18(19)28-2/h5-10,12,14H,3-4,11,13H2,1-2H3,(H,22,24). The molecule has 0 saturated carbocycles. The Morgan fingerprint density at radius 3 is 2.52 bits per heavy atom. The van der Waals surface area contributed by atoms with Gasteiger partial charge in [0, 0.05) is 18.8 Å². The number of hydrogen-bond donors (Lipinski definition) is 1. The van der Waals surface area contributed by atoms with Gasteiger partial charge in [-0.3, -0.25) is 4.79 Å². The molecule has 1 fully saturated rings. The van der Waals surface area contributed by atoms with Gasteiger partial charge in [0.15, 0.2) is 0 Å². The Kier molecular flexibility index (Phi) is 6.39. The molecule has 0 aromatic heterocycles. The maximum atomic E-state index is 13.7. The second-order valence-corrected chi connectivity index (χ2v) is 8.62. The average molecular weight is 422 g/mol. The van der Waals surface area contributed by atoms with Crippen LogP contribution in [0.15, 0.2) is 47.4 Å². The zero-order chi connectivity index (χ0) is 21.0. The highest BCUT2D eigenvalue weighted by atomic mass is 32.2. The molecule has 1 saturated heterocycles. The van der Waals surface area contributed by atoms with Crippen molar-refractivity contribution < 1.29 is 27.1 Å². The first kappa shape index (κ1) is 21.1. The Bertz CT molecular complexity index is 979. The van der Waals surface area contributed by atoms with E-state index in [0.29, 0.717) is 24.3 Å². The van der Waals surface area contributed by atoms with E-state index >= 15 is 0 Å². The summed E-state index contributed by atoms with van der Waals surface area (Å²) >= 11 is 0. The number of rotatable bonds is 6. The SMILES string of the molecule is COc1ccc(NC(=O)C2CCCN(S(=O)(=O)c3cc(F)ccc3OC)C2)cc1. The number of benzene rings is 2. The van der Waals surface area contributed by atoms with Gasteiger partial charge < -0.3 is 14.8 Å². The molecule has 1 amide bonds. The Hall–Kier alpha value is -2.65. The lowest BCUT2D eigenvalue weighted by Crippen LogP contribution is -2.43. The van der Waals surface area contributed by atoms with E-state index in [2.05, 4.69) is 5.32 Å². The minimum Gasteiger partial charge on any atom is -0.497 e. The van der Waals surface area contributed by atoms with Crippen LogP contribution in [0, 0.1) is 11.7 Å². The van der Waals surface area contributed by atoms with Crippen LogP contribution in [0.5, 0.6) is 11.5 Å². The van der Waals surface area contributed by atoms with Gasteiger partial charge in [-0.25, -0.2) is 12.8 Å². The summed E-state index contributed by atoms with van der Waals surface area (Å²) < 4.78 is 51.2. The first-order chi connectivity index (χ1) is 13.8. The molecule has 156 valence electrons. The second kappa shape index (κ2) is 8.79. The van der Waals surface area contributed by atoms with Gasteiger partial charge in [-0.2, -0.15) is 4.31 Å². The highest BCUT2D eigenvalue weighted by molar-refractivity contribution is 7.89. The molecule has 0 spiro atoms. The number of methoxy groups -OCH3 is 2. The van der Waals surface area contributed by atoms with Crippen molar-refractivity contribution in [1.82, 2.24) is 4.31 Å². The Labute approximate surface area is 169 Å². The number of amides is 1. The quantitative estimate of drug-likeness (QED) is 0.774. The second-order valence-electron chi connectivity index (χ2n) is 6.72. The van der Waals surface area contributed by atoms with Crippen LogP contribution in [0.4, 0.5) is 10.1 Å². The van der Waals surface area contributed by atoms with E-state index in [1.807, 2.05) is 0 Å². The van der Waals surface area contributed by atoms with E-state index in [9.17, 15) is 17.6 Å². The predicted molar refractivity (Wildman–Crippen MR) is 106 cm³/mol. The topological polar surface area (TPSA) is 84.9 Å². The summed E-state index contributed by atoms with van der Waals surface area (Å²) in [5, 5.41) is 2.81. The zero-order valence-corrected chi connectivity index (χ0v) is 17.0. The Morgan fingerprint density at radius 1 is 1.14 bits per heavy atom. The fourth-order valence-electron chi connectivity index (χ4n) is 3.28. The normalized spacial score (nSPS) is 17.6. The van der Waals surface area contributed by atoms with Crippen LogP contribution in [0.2, 0.25) is 0 Å². The van der Waals surface area contributed by atoms with Crippen molar-refractivity contribution in [3.63, 3.8) is 0 Å². The maximum absolute atomic E-state index is 13.7. The van der Waals surface area contributed by atoms with Gasteiger partial charge in [-0.05, 0) is 55.3 Å². The molecule has 2 aromatic rings. The van der Waals surface area contributed by atoms with Gasteiger partial charge in [-0.1, -0.05) is 0 Å². The molecule has 1 atom stereocenters. The van der Waals surface area contributed by atoms with E-state index in [1.165, 1.54) is 17.5 Å². The zero-order valence-electron chi connectivity index (χ0n) is 16.2. The van der Waals surface area contributed by atoms with Crippen LogP contribution in [-0.4, -0.2) is 45.9 Å². The van der Waals surface area contributed by atoms with Gasteiger partial charge in [-0.15, -0.1) is 0 Å². The molecule has 29 heavy (non-hydrogen) atoms. The summed E-state index contributed by atoms with van der Waals surface area (Å²) in [6.45, 7) is 0.276. The van der Waals surface area contributed by atoms with Gasteiger partial charge in [0.2, 0.25) is 15.9 Å². The Balaban J connectivity index is 1.75. The molecule has 7 nitrogen and oxygen atoms in total. The molecule has 0 radical (unpaired) electrons. The third-order valence-electron chi connectivity index (χ3n) is 4.86. The summed E-state index contributed by atoms with van der Waals surface area (Å²) in [6.07, 6.45) is 1.09. The largest absolute Gasteiger partial charge is 0.497 e. The number of carbonyl (C=O) groups excluding carboxylic acids is 1. The van der Waals surface area contributed by atoms with Crippen molar-refractivity contribution in [1.29, 1.82) is 0 Å². The number of carbonyl (C=O) groups is 1. The molecule has 1 N–H and O–H groups in total. The number of nitrogens with zero attached hydrogens (tertiary/aromatic N) is 1. The summed E-state index contributed by atoms with van der Waals surface area (Å²) in [4.78, 5) is 12.4. The van der Waals surface area contributed by atoms with Crippen molar-refractivity contribution in [3.8, 4) is 11.5 Å². The minimum atomic E-state index is -4.00. The van der Waals surface area contributed by atoms with Crippen molar-refractivity contribution in [2.45, 2.75) is 17.7 Å². The molecule has 2 aromatic carbocycles. The maximum Gasteiger partial charge on any atom is 0.246 e. The van der Waals surface area contributed by atoms with E-state index in [-0.39, 0.29) is 29.6 Å². The van der Waals surface area contributed by atoms with Gasteiger partial charge >= 0.3 is 0 Å². The lowest BCUT2D eigenvalue weighted by atomic mass is 9.99. The molecule has 3 rings (SSSR count). The molecule has 1 heterocycles. The predicted octanol–water partition coefficient (Wildman–Crippen LogP) is 2.88. The number of piperidine rings is 1. The van der Waals surface area contributed by atoms with Crippen molar-refractivity contribution in [3.05, 3.63) is 48.3 Å². The molecule has 9 heteroatoms. The fraction of sp³-hybridized carbons (Fsp3) is 0.350. The number of nitrogens with one attached hydrogen (secondary N) is 1. The van der Waals surface area contributed by atoms with Crippen LogP contribution < -0.4 is 14.8 Å². The lowest BCUT2D eigenvalue weighted by Gasteiger charge is -2.31. The third-order valence-corrected chi connectivity index (χ3v) is 6.74. The number of sulfonamides is 1. The summed E-state index contributed by atoms with van der Waals surface area (Å²) in [5.41, 5.74) is 0.600. The smallest absolute Gasteiger partial charge is 0.246 e. The van der Waals surface area contributed by atoms with E-state index in [4.69, 9.17) is 9.47 Å². The van der Waals surface area contributed by atoms with E-state index in [1.54, 1.807) is 31.4 Å². The Morgan fingerprint density at radius 2 is 1.86 bits per heavy atom. The van der Waals surface area contributed by atoms with Crippen molar-refractivity contribution >= 4 is 21.6 Å². The van der Waals surface area contributed by atoms with Crippen LogP contribution in [0.25, 0.3) is 0 Å².